The molecule has 0 bridgehead atoms. The van der Waals surface area contributed by atoms with Crippen molar-refractivity contribution in [2.75, 3.05) is 13.7 Å². The van der Waals surface area contributed by atoms with Crippen LogP contribution in [0.4, 0.5) is 0 Å². The maximum Gasteiger partial charge on any atom is 0.191 e. The molecule has 1 aliphatic heterocycles. The quantitative estimate of drug-likeness (QED) is 0.483. The van der Waals surface area contributed by atoms with Crippen molar-refractivity contribution in [1.29, 1.82) is 0 Å². The summed E-state index contributed by atoms with van der Waals surface area (Å²) in [6.45, 7) is 5.89. The zero-order valence-electron chi connectivity index (χ0n) is 17.7. The van der Waals surface area contributed by atoms with E-state index < -0.39 is 0 Å². The molecule has 156 valence electrons. The predicted molar refractivity (Wildman–Crippen MR) is 120 cm³/mol. The fourth-order valence-electron chi connectivity index (χ4n) is 3.80. The van der Waals surface area contributed by atoms with Crippen LogP contribution in [-0.4, -0.2) is 30.7 Å². The van der Waals surface area contributed by atoms with E-state index in [2.05, 4.69) is 51.8 Å². The van der Waals surface area contributed by atoms with E-state index in [0.29, 0.717) is 25.7 Å². The van der Waals surface area contributed by atoms with Crippen LogP contribution in [0.5, 0.6) is 11.5 Å². The number of guanidine groups is 1. The van der Waals surface area contributed by atoms with E-state index >= 15 is 0 Å². The number of nitrogens with one attached hydrogen (secondary N) is 2. The zero-order valence-corrected chi connectivity index (χ0v) is 17.7. The minimum Gasteiger partial charge on any atom is -0.494 e. The van der Waals surface area contributed by atoms with Crippen LogP contribution in [0.3, 0.4) is 0 Å². The smallest absolute Gasteiger partial charge is 0.191 e. The summed E-state index contributed by atoms with van der Waals surface area (Å²) in [6.07, 6.45) is 2.97. The normalized spacial score (nSPS) is 15.6. The van der Waals surface area contributed by atoms with E-state index in [1.54, 1.807) is 7.05 Å². The van der Waals surface area contributed by atoms with Crippen molar-refractivity contribution < 1.29 is 9.47 Å². The number of rotatable bonds is 6. The Kier molecular flexibility index (Phi) is 6.02. The van der Waals surface area contributed by atoms with Crippen molar-refractivity contribution >= 4 is 16.7 Å². The van der Waals surface area contributed by atoms with Gasteiger partial charge in [0.1, 0.15) is 17.6 Å². The third-order valence-electron chi connectivity index (χ3n) is 5.23. The summed E-state index contributed by atoms with van der Waals surface area (Å²) >= 11 is 0. The second-order valence-electron chi connectivity index (χ2n) is 7.39. The van der Waals surface area contributed by atoms with Gasteiger partial charge in [-0.05, 0) is 37.4 Å². The highest BCUT2D eigenvalue weighted by atomic mass is 16.5. The highest BCUT2D eigenvalue weighted by Gasteiger charge is 2.22. The molecule has 2 N–H and O–H groups in total. The fraction of sp³-hybridized carbons (Fsp3) is 0.333. The topological polar surface area (TPSA) is 67.8 Å². The number of hydrogen-bond acceptors (Lipinski definition) is 4. The molecule has 3 aromatic rings. The zero-order chi connectivity index (χ0) is 20.9. The van der Waals surface area contributed by atoms with Crippen molar-refractivity contribution in [3.63, 3.8) is 0 Å². The molecule has 2 heterocycles. The standard InChI is InChI=1S/C24H28N4O2/c1-4-29-22-12-18-11-16(2)30-23(18)13-19(22)14-27-24(25-3)28-15-21-20-8-6-5-7-17(20)9-10-26-21/h5-10,12-13,16H,4,11,14-15H2,1-3H3,(H2,25,27,28). The number of nitrogens with zero attached hydrogens (tertiary/aromatic N) is 2. The lowest BCUT2D eigenvalue weighted by Gasteiger charge is -2.16. The van der Waals surface area contributed by atoms with E-state index in [1.165, 1.54) is 10.9 Å². The van der Waals surface area contributed by atoms with E-state index in [4.69, 9.17) is 9.47 Å². The largest absolute Gasteiger partial charge is 0.494 e. The van der Waals surface area contributed by atoms with Gasteiger partial charge in [-0.3, -0.25) is 9.98 Å². The van der Waals surface area contributed by atoms with E-state index in [0.717, 1.165) is 34.6 Å². The van der Waals surface area contributed by atoms with Crippen LogP contribution >= 0.6 is 0 Å². The third kappa shape index (κ3) is 4.32. The highest BCUT2D eigenvalue weighted by molar-refractivity contribution is 5.85. The summed E-state index contributed by atoms with van der Waals surface area (Å²) < 4.78 is 11.8. The molecule has 0 spiro atoms. The molecule has 6 heteroatoms. The molecule has 1 unspecified atom stereocenters. The molecule has 0 fully saturated rings. The van der Waals surface area contributed by atoms with E-state index in [-0.39, 0.29) is 6.10 Å². The maximum absolute atomic E-state index is 5.92. The van der Waals surface area contributed by atoms with Gasteiger partial charge in [0.15, 0.2) is 5.96 Å². The molecule has 1 aromatic heterocycles. The van der Waals surface area contributed by atoms with E-state index in [9.17, 15) is 0 Å². The monoisotopic (exact) mass is 404 g/mol. The molecule has 0 radical (unpaired) electrons. The average molecular weight is 405 g/mol. The number of aliphatic imine (C=N–C) groups is 1. The Hall–Kier alpha value is -3.28. The highest BCUT2D eigenvalue weighted by Crippen LogP contribution is 2.35. The second kappa shape index (κ2) is 9.03. The summed E-state index contributed by atoms with van der Waals surface area (Å²) in [7, 11) is 1.77. The van der Waals surface area contributed by atoms with Gasteiger partial charge in [0, 0.05) is 42.7 Å². The fourth-order valence-corrected chi connectivity index (χ4v) is 3.80. The minimum absolute atomic E-state index is 0.209. The molecule has 0 aliphatic carbocycles. The van der Waals surface area contributed by atoms with Crippen LogP contribution in [0, 0.1) is 0 Å². The number of aromatic nitrogens is 1. The lowest BCUT2D eigenvalue weighted by molar-refractivity contribution is 0.254. The molecule has 30 heavy (non-hydrogen) atoms. The first-order valence-corrected chi connectivity index (χ1v) is 10.4. The van der Waals surface area contributed by atoms with Gasteiger partial charge in [0.25, 0.3) is 0 Å². The van der Waals surface area contributed by atoms with Crippen LogP contribution in [0.2, 0.25) is 0 Å². The van der Waals surface area contributed by atoms with Crippen LogP contribution in [0.1, 0.15) is 30.7 Å². The lowest BCUT2D eigenvalue weighted by Crippen LogP contribution is -2.36. The SMILES string of the molecule is CCOc1cc2c(cc1CNC(=NC)NCc1nccc3ccccc13)OC(C)C2. The molecule has 0 saturated carbocycles. The second-order valence-corrected chi connectivity index (χ2v) is 7.39. The number of hydrogen-bond donors (Lipinski definition) is 2. The maximum atomic E-state index is 5.92. The molecule has 2 aromatic carbocycles. The first kappa shape index (κ1) is 20.0. The summed E-state index contributed by atoms with van der Waals surface area (Å²) in [5.74, 6) is 2.56. The van der Waals surface area contributed by atoms with Crippen molar-refractivity contribution in [2.45, 2.75) is 39.5 Å². The molecule has 1 aliphatic rings. The summed E-state index contributed by atoms with van der Waals surface area (Å²) in [5, 5.41) is 9.07. The minimum atomic E-state index is 0.209. The van der Waals surface area contributed by atoms with Gasteiger partial charge in [0.2, 0.25) is 0 Å². The lowest BCUT2D eigenvalue weighted by atomic mass is 10.1. The number of fused-ring (bicyclic) bond motifs is 2. The van der Waals surface area contributed by atoms with Gasteiger partial charge in [0.05, 0.1) is 18.8 Å². The van der Waals surface area contributed by atoms with Gasteiger partial charge >= 0.3 is 0 Å². The molecule has 6 nitrogen and oxygen atoms in total. The molecule has 0 saturated heterocycles. The Morgan fingerprint density at radius 3 is 2.87 bits per heavy atom. The van der Waals surface area contributed by atoms with Gasteiger partial charge in [-0.25, -0.2) is 0 Å². The van der Waals surface area contributed by atoms with Gasteiger partial charge in [-0.15, -0.1) is 0 Å². The van der Waals surface area contributed by atoms with E-state index in [1.807, 2.05) is 31.3 Å². The molecular formula is C24H28N4O2. The number of benzene rings is 2. The predicted octanol–water partition coefficient (Wildman–Crippen LogP) is 3.82. The Bertz CT molecular complexity index is 1060. The van der Waals surface area contributed by atoms with Crippen molar-refractivity contribution in [1.82, 2.24) is 15.6 Å². The Morgan fingerprint density at radius 2 is 2.03 bits per heavy atom. The Morgan fingerprint density at radius 1 is 1.20 bits per heavy atom. The molecular weight excluding hydrogens is 376 g/mol. The van der Waals surface area contributed by atoms with Gasteiger partial charge in [-0.1, -0.05) is 24.3 Å². The van der Waals surface area contributed by atoms with Crippen LogP contribution in [0.25, 0.3) is 10.8 Å². The summed E-state index contributed by atoms with van der Waals surface area (Å²) in [4.78, 5) is 8.89. The number of pyridine rings is 1. The van der Waals surface area contributed by atoms with Gasteiger partial charge in [-0.2, -0.15) is 0 Å². The van der Waals surface area contributed by atoms with Crippen molar-refractivity contribution in [3.8, 4) is 11.5 Å². The van der Waals surface area contributed by atoms with Crippen LogP contribution < -0.4 is 20.1 Å². The summed E-state index contributed by atoms with van der Waals surface area (Å²) in [5.41, 5.74) is 3.25. The average Bonchev–Trinajstić information content (AvgIpc) is 3.12. The first-order chi connectivity index (χ1) is 14.7. The first-order valence-electron chi connectivity index (χ1n) is 10.4. The van der Waals surface area contributed by atoms with Gasteiger partial charge < -0.3 is 20.1 Å². The molecule has 1 atom stereocenters. The van der Waals surface area contributed by atoms with Crippen molar-refractivity contribution in [3.05, 3.63) is 65.5 Å². The molecule has 0 amide bonds. The number of ether oxygens (including phenoxy) is 2. The Labute approximate surface area is 177 Å². The molecule has 4 rings (SSSR count). The third-order valence-corrected chi connectivity index (χ3v) is 5.23. The van der Waals surface area contributed by atoms with Crippen molar-refractivity contribution in [2.24, 2.45) is 4.99 Å². The van der Waals surface area contributed by atoms with Crippen LogP contribution in [-0.2, 0) is 19.5 Å². The van der Waals surface area contributed by atoms with Crippen LogP contribution in [0.15, 0.2) is 53.7 Å². The summed E-state index contributed by atoms with van der Waals surface area (Å²) in [6, 6.07) is 14.5. The Balaban J connectivity index is 1.44.